The van der Waals surface area contributed by atoms with Gasteiger partial charge in [0.05, 0.1) is 5.69 Å². The predicted molar refractivity (Wildman–Crippen MR) is 150 cm³/mol. The van der Waals surface area contributed by atoms with Crippen molar-refractivity contribution in [3.8, 4) is 0 Å². The van der Waals surface area contributed by atoms with Crippen LogP contribution in [0.5, 0.6) is 0 Å². The Bertz CT molecular complexity index is 1230. The van der Waals surface area contributed by atoms with Gasteiger partial charge in [-0.1, -0.05) is 48.9 Å². The lowest BCUT2D eigenvalue weighted by Crippen LogP contribution is -2.55. The van der Waals surface area contributed by atoms with Crippen molar-refractivity contribution in [1.82, 2.24) is 14.5 Å². The van der Waals surface area contributed by atoms with E-state index in [0.717, 1.165) is 14.2 Å². The maximum atomic E-state index is 14.0. The first kappa shape index (κ1) is 30.6. The molecule has 0 radical (unpaired) electrons. The number of halogens is 1. The van der Waals surface area contributed by atoms with E-state index < -0.39 is 34.2 Å². The third-order valence-electron chi connectivity index (χ3n) is 5.83. The number of hydrogen-bond donors (Lipinski definition) is 1. The summed E-state index contributed by atoms with van der Waals surface area (Å²) in [6.07, 6.45) is 0.335. The first-order chi connectivity index (χ1) is 17.1. The lowest BCUT2D eigenvalue weighted by Gasteiger charge is -2.35. The van der Waals surface area contributed by atoms with Crippen molar-refractivity contribution < 1.29 is 18.0 Å². The summed E-state index contributed by atoms with van der Waals surface area (Å²) in [7, 11) is -1.19. The Labute approximate surface area is 226 Å². The molecular formula is C27H39ClN4O4S. The molecule has 0 spiro atoms. The molecule has 0 bridgehead atoms. The van der Waals surface area contributed by atoms with E-state index in [1.54, 1.807) is 37.3 Å². The largest absolute Gasteiger partial charge is 0.350 e. The Hall–Kier alpha value is -2.62. The monoisotopic (exact) mass is 550 g/mol. The second-order valence-corrected chi connectivity index (χ2v) is 12.8. The second kappa shape index (κ2) is 12.3. The highest BCUT2D eigenvalue weighted by atomic mass is 35.5. The summed E-state index contributed by atoms with van der Waals surface area (Å²) in [6, 6.07) is 11.7. The number of aryl methyl sites for hydroxylation is 2. The van der Waals surface area contributed by atoms with Gasteiger partial charge in [0.25, 0.3) is 0 Å². The maximum Gasteiger partial charge on any atom is 0.304 e. The number of nitrogens with one attached hydrogen (secondary N) is 1. The minimum Gasteiger partial charge on any atom is -0.350 e. The fraction of sp³-hybridized carbons (Fsp3) is 0.481. The van der Waals surface area contributed by atoms with Crippen molar-refractivity contribution in [1.29, 1.82) is 0 Å². The normalized spacial score (nSPS) is 12.8. The van der Waals surface area contributed by atoms with Crippen molar-refractivity contribution in [3.05, 3.63) is 64.2 Å². The molecule has 37 heavy (non-hydrogen) atoms. The van der Waals surface area contributed by atoms with Crippen molar-refractivity contribution >= 4 is 39.3 Å². The Morgan fingerprint density at radius 1 is 1.05 bits per heavy atom. The summed E-state index contributed by atoms with van der Waals surface area (Å²) in [4.78, 5) is 28.7. The minimum atomic E-state index is -4.03. The first-order valence-corrected chi connectivity index (χ1v) is 14.0. The molecule has 0 saturated heterocycles. The predicted octanol–water partition coefficient (Wildman–Crippen LogP) is 4.29. The van der Waals surface area contributed by atoms with Crippen LogP contribution in [-0.2, 0) is 26.3 Å². The molecule has 0 aliphatic rings. The number of carbonyl (C=O) groups is 2. The van der Waals surface area contributed by atoms with Crippen LogP contribution in [0.15, 0.2) is 42.5 Å². The van der Waals surface area contributed by atoms with Crippen LogP contribution < -0.4 is 9.62 Å². The summed E-state index contributed by atoms with van der Waals surface area (Å²) in [5, 5.41) is 3.41. The van der Waals surface area contributed by atoms with Crippen molar-refractivity contribution in [2.24, 2.45) is 0 Å². The van der Waals surface area contributed by atoms with Gasteiger partial charge in [0.2, 0.25) is 11.8 Å². The summed E-state index contributed by atoms with van der Waals surface area (Å²) >= 11 is 6.41. The molecule has 0 saturated carbocycles. The van der Waals surface area contributed by atoms with E-state index in [9.17, 15) is 18.0 Å². The van der Waals surface area contributed by atoms with Gasteiger partial charge in [-0.25, -0.2) is 4.31 Å². The van der Waals surface area contributed by atoms with E-state index in [1.165, 1.54) is 19.0 Å². The summed E-state index contributed by atoms with van der Waals surface area (Å²) in [5.41, 5.74) is 2.12. The maximum absolute atomic E-state index is 14.0. The third-order valence-corrected chi connectivity index (χ3v) is 8.01. The molecule has 10 heteroatoms. The quantitative estimate of drug-likeness (QED) is 0.478. The zero-order valence-corrected chi connectivity index (χ0v) is 24.6. The van der Waals surface area contributed by atoms with E-state index >= 15 is 0 Å². The minimum absolute atomic E-state index is 0.0528. The molecule has 0 aliphatic heterocycles. The molecule has 0 aromatic heterocycles. The van der Waals surface area contributed by atoms with E-state index in [2.05, 4.69) is 5.32 Å². The second-order valence-electron chi connectivity index (χ2n) is 10.4. The van der Waals surface area contributed by atoms with Crippen molar-refractivity contribution in [2.75, 3.05) is 24.9 Å². The van der Waals surface area contributed by atoms with Crippen LogP contribution in [0.25, 0.3) is 0 Å². The number of benzene rings is 2. The van der Waals surface area contributed by atoms with Gasteiger partial charge in [0.15, 0.2) is 0 Å². The van der Waals surface area contributed by atoms with Crippen molar-refractivity contribution in [2.45, 2.75) is 66.1 Å². The van der Waals surface area contributed by atoms with Gasteiger partial charge in [-0.05, 0) is 69.9 Å². The van der Waals surface area contributed by atoms with E-state index in [0.29, 0.717) is 28.3 Å². The van der Waals surface area contributed by atoms with E-state index in [1.807, 2.05) is 46.8 Å². The molecule has 0 unspecified atom stereocenters. The Morgan fingerprint density at radius 2 is 1.68 bits per heavy atom. The van der Waals surface area contributed by atoms with Gasteiger partial charge in [-0.2, -0.15) is 12.7 Å². The van der Waals surface area contributed by atoms with Gasteiger partial charge in [0, 0.05) is 31.2 Å². The van der Waals surface area contributed by atoms with Crippen LogP contribution in [0.4, 0.5) is 5.69 Å². The molecule has 2 aromatic rings. The molecule has 0 heterocycles. The summed E-state index contributed by atoms with van der Waals surface area (Å²) in [5.74, 6) is -0.827. The molecule has 0 aliphatic carbocycles. The van der Waals surface area contributed by atoms with Gasteiger partial charge < -0.3 is 10.2 Å². The number of carbonyl (C=O) groups excluding carboxylic acids is 2. The highest BCUT2D eigenvalue weighted by Gasteiger charge is 2.35. The van der Waals surface area contributed by atoms with E-state index in [-0.39, 0.29) is 12.5 Å². The topological polar surface area (TPSA) is 90.0 Å². The van der Waals surface area contributed by atoms with Gasteiger partial charge in [-0.15, -0.1) is 0 Å². The Morgan fingerprint density at radius 3 is 2.22 bits per heavy atom. The molecule has 1 atom stereocenters. The van der Waals surface area contributed by atoms with Gasteiger partial charge >= 0.3 is 10.2 Å². The highest BCUT2D eigenvalue weighted by molar-refractivity contribution is 7.90. The van der Waals surface area contributed by atoms with Gasteiger partial charge in [0.1, 0.15) is 12.6 Å². The lowest BCUT2D eigenvalue weighted by atomic mass is 10.1. The zero-order chi connectivity index (χ0) is 28.1. The van der Waals surface area contributed by atoms with Gasteiger partial charge in [-0.3, -0.25) is 9.59 Å². The number of rotatable bonds is 10. The first-order valence-electron chi connectivity index (χ1n) is 12.2. The fourth-order valence-electron chi connectivity index (χ4n) is 3.87. The zero-order valence-electron chi connectivity index (χ0n) is 23.0. The molecule has 2 aromatic carbocycles. The molecule has 2 rings (SSSR count). The molecule has 0 fully saturated rings. The number of amides is 2. The number of anilines is 1. The van der Waals surface area contributed by atoms with Crippen LogP contribution in [0.3, 0.4) is 0 Å². The van der Waals surface area contributed by atoms with Crippen molar-refractivity contribution in [3.63, 3.8) is 0 Å². The smallest absolute Gasteiger partial charge is 0.304 e. The average Bonchev–Trinajstić information content (AvgIpc) is 2.78. The Kier molecular flexibility index (Phi) is 10.2. The SMILES string of the molecule is CC[C@H](C(=O)NC(C)(C)C)N(Cc1ccccc1Cl)C(=O)CN(c1cc(C)ccc1C)S(=O)(=O)N(C)C. The molecule has 2 amide bonds. The van der Waals surface area contributed by atoms with Crippen LogP contribution in [0, 0.1) is 13.8 Å². The fourth-order valence-corrected chi connectivity index (χ4v) is 5.18. The average molecular weight is 551 g/mol. The number of hydrogen-bond acceptors (Lipinski definition) is 4. The molecule has 204 valence electrons. The van der Waals surface area contributed by atoms with Crippen LogP contribution in [0.2, 0.25) is 5.02 Å². The standard InChI is InChI=1S/C27H39ClN4O4S/c1-9-23(26(34)29-27(4,5)6)31(17-21-12-10-11-13-22(21)28)25(33)18-32(37(35,36)30(7)8)24-16-19(2)14-15-20(24)3/h10-16,23H,9,17-18H2,1-8H3,(H,29,34)/t23-/m1/s1. The molecular weight excluding hydrogens is 512 g/mol. The third kappa shape index (κ3) is 7.93. The number of nitrogens with zero attached hydrogens (tertiary/aromatic N) is 3. The van der Waals surface area contributed by atoms with E-state index in [4.69, 9.17) is 11.6 Å². The highest BCUT2D eigenvalue weighted by Crippen LogP contribution is 2.27. The molecule has 8 nitrogen and oxygen atoms in total. The van der Waals surface area contributed by atoms with Crippen LogP contribution >= 0.6 is 11.6 Å². The van der Waals surface area contributed by atoms with Crippen LogP contribution in [0.1, 0.15) is 50.8 Å². The Balaban J connectivity index is 2.59. The summed E-state index contributed by atoms with van der Waals surface area (Å²) in [6.45, 7) is 10.6. The lowest BCUT2D eigenvalue weighted by molar-refractivity contribution is -0.141. The molecule has 1 N–H and O–H groups in total. The summed E-state index contributed by atoms with van der Waals surface area (Å²) < 4.78 is 29.0. The van der Waals surface area contributed by atoms with Crippen LogP contribution in [-0.4, -0.2) is 61.7 Å².